The van der Waals surface area contributed by atoms with Crippen LogP contribution in [0.15, 0.2) is 72.8 Å². The second-order valence-corrected chi connectivity index (χ2v) is 28.6. The Kier molecular flexibility index (Phi) is 49.1. The normalized spacial score (nSPS) is 11.6. The molecule has 4 aromatic carbocycles. The van der Waals surface area contributed by atoms with E-state index >= 15 is 0 Å². The van der Waals surface area contributed by atoms with Gasteiger partial charge in [-0.2, -0.15) is 0 Å². The number of aliphatic hydroxyl groups is 6. The van der Waals surface area contributed by atoms with E-state index in [2.05, 4.69) is 38.3 Å². The van der Waals surface area contributed by atoms with Crippen molar-refractivity contribution in [3.8, 4) is 40.2 Å². The van der Waals surface area contributed by atoms with Crippen molar-refractivity contribution in [2.24, 2.45) is 0 Å². The third-order valence-electron chi connectivity index (χ3n) is 19.1. The molecule has 102 heavy (non-hydrogen) atoms. The standard InChI is InChI=1S/C85H138N2O15/c1-5-9-13-17-21-25-29-33-37-41-45-96-75-49-70(50-76(58-75)97-46-42-38-34-30-26-22-18-14-10-6-2)61-100-79-53-72(63-102-81-56-73(82(94)86-84(64-88,65-89)66-90)55-74(57-81)83(95)87-85(67-91,68-92)69-93)54-80(60-79)101-62-71-51-77(98-47-43-39-35-31-27-23-19-15-11-7-3)59-78(52-71)99-48-44-40-36-32-28-24-20-16-12-8-4/h49-60,88-93H,5-48,61-69H2,1-4H3,(H,86,94)(H,87,95). The van der Waals surface area contributed by atoms with Crippen LogP contribution in [0.1, 0.15) is 322 Å². The predicted molar refractivity (Wildman–Crippen MR) is 411 cm³/mol. The van der Waals surface area contributed by atoms with Gasteiger partial charge in [-0.1, -0.05) is 259 Å². The van der Waals surface area contributed by atoms with Gasteiger partial charge in [0.15, 0.2) is 0 Å². The van der Waals surface area contributed by atoms with Gasteiger partial charge in [-0.3, -0.25) is 9.59 Å². The summed E-state index contributed by atoms with van der Waals surface area (Å²) >= 11 is 0. The van der Waals surface area contributed by atoms with Gasteiger partial charge in [-0.25, -0.2) is 0 Å². The third-order valence-corrected chi connectivity index (χ3v) is 19.1. The maximum atomic E-state index is 13.9. The highest BCUT2D eigenvalue weighted by atomic mass is 16.5. The van der Waals surface area contributed by atoms with Gasteiger partial charge in [0.05, 0.1) is 66.1 Å². The van der Waals surface area contributed by atoms with Crippen LogP contribution in [0.2, 0.25) is 0 Å². The number of unbranched alkanes of at least 4 members (excludes halogenated alkanes) is 36. The molecule has 0 saturated carbocycles. The van der Waals surface area contributed by atoms with E-state index in [1.165, 1.54) is 224 Å². The molecular weight excluding hydrogens is 1290 g/mol. The van der Waals surface area contributed by atoms with Crippen molar-refractivity contribution in [3.63, 3.8) is 0 Å². The second-order valence-electron chi connectivity index (χ2n) is 28.6. The molecule has 17 heteroatoms. The molecule has 0 aliphatic carbocycles. The average molecular weight is 1430 g/mol. The summed E-state index contributed by atoms with van der Waals surface area (Å²) in [6, 6.07) is 21.4. The zero-order chi connectivity index (χ0) is 73.4. The number of aliphatic hydroxyl groups excluding tert-OH is 6. The molecule has 0 aliphatic rings. The molecular formula is C85H138N2O15. The molecule has 0 saturated heterocycles. The Labute approximate surface area is 615 Å². The fraction of sp³-hybridized carbons (Fsp3) is 0.694. The van der Waals surface area contributed by atoms with Gasteiger partial charge in [0.2, 0.25) is 0 Å². The van der Waals surface area contributed by atoms with E-state index < -0.39 is 62.5 Å². The largest absolute Gasteiger partial charge is 0.493 e. The van der Waals surface area contributed by atoms with Crippen LogP contribution in [0, 0.1) is 0 Å². The fourth-order valence-corrected chi connectivity index (χ4v) is 12.4. The molecule has 4 rings (SSSR count). The number of amides is 2. The second kappa shape index (κ2) is 56.6. The number of carbonyl (C=O) groups is 2. The first-order valence-electron chi connectivity index (χ1n) is 40.2. The number of carbonyl (C=O) groups excluding carboxylic acids is 2. The molecule has 4 aromatic rings. The SMILES string of the molecule is CCCCCCCCCCCCOc1cc(COc2cc(COc3cc(C(=O)NC(CO)(CO)CO)cc(C(=O)NC(CO)(CO)CO)c3)cc(OCc3cc(OCCCCCCCCCCCC)cc(OCCCCCCCCCCCC)c3)c2)cc(OCCCCCCCCCCCC)c1. The van der Waals surface area contributed by atoms with Crippen molar-refractivity contribution < 1.29 is 73.4 Å². The van der Waals surface area contributed by atoms with Gasteiger partial charge in [0.25, 0.3) is 11.8 Å². The Bertz CT molecular complexity index is 2490. The zero-order valence-corrected chi connectivity index (χ0v) is 63.8. The summed E-state index contributed by atoms with van der Waals surface area (Å²) in [5, 5.41) is 65.6. The Hall–Kier alpha value is -5.82. The van der Waals surface area contributed by atoms with Gasteiger partial charge in [0, 0.05) is 29.3 Å². The lowest BCUT2D eigenvalue weighted by Crippen LogP contribution is -2.57. The fourth-order valence-electron chi connectivity index (χ4n) is 12.4. The summed E-state index contributed by atoms with van der Waals surface area (Å²) in [6.07, 6.45) is 49.2. The number of rotatable bonds is 67. The van der Waals surface area contributed by atoms with E-state index in [1.807, 2.05) is 54.6 Å². The van der Waals surface area contributed by atoms with E-state index in [4.69, 9.17) is 33.2 Å². The third kappa shape index (κ3) is 38.8. The van der Waals surface area contributed by atoms with E-state index in [-0.39, 0.29) is 36.7 Å². The lowest BCUT2D eigenvalue weighted by molar-refractivity contribution is 0.0371. The van der Waals surface area contributed by atoms with Crippen LogP contribution < -0.4 is 43.8 Å². The van der Waals surface area contributed by atoms with E-state index in [0.717, 1.165) is 62.5 Å². The van der Waals surface area contributed by atoms with E-state index in [1.54, 1.807) is 0 Å². The molecule has 0 atom stereocenters. The van der Waals surface area contributed by atoms with Crippen LogP contribution in [-0.4, -0.2) is 120 Å². The van der Waals surface area contributed by atoms with Gasteiger partial charge in [-0.15, -0.1) is 0 Å². The van der Waals surface area contributed by atoms with Gasteiger partial charge in [0.1, 0.15) is 71.1 Å². The van der Waals surface area contributed by atoms with Crippen molar-refractivity contribution in [2.45, 2.75) is 315 Å². The lowest BCUT2D eigenvalue weighted by Gasteiger charge is -2.29. The molecule has 0 aliphatic heterocycles. The highest BCUT2D eigenvalue weighted by Crippen LogP contribution is 2.32. The molecule has 0 fully saturated rings. The van der Waals surface area contributed by atoms with Crippen LogP contribution in [-0.2, 0) is 19.8 Å². The highest BCUT2D eigenvalue weighted by Gasteiger charge is 2.33. The molecule has 2 amide bonds. The van der Waals surface area contributed by atoms with E-state index in [9.17, 15) is 40.2 Å². The molecule has 578 valence electrons. The van der Waals surface area contributed by atoms with Crippen LogP contribution in [0.25, 0.3) is 0 Å². The molecule has 0 radical (unpaired) electrons. The summed E-state index contributed by atoms with van der Waals surface area (Å²) in [4.78, 5) is 27.8. The number of benzene rings is 4. The average Bonchev–Trinajstić information content (AvgIpc) is 0.816. The van der Waals surface area contributed by atoms with Crippen molar-refractivity contribution >= 4 is 11.8 Å². The minimum absolute atomic E-state index is 0.0340. The van der Waals surface area contributed by atoms with Crippen LogP contribution in [0.5, 0.6) is 40.2 Å². The summed E-state index contributed by atoms with van der Waals surface area (Å²) in [5.74, 6) is 2.08. The summed E-state index contributed by atoms with van der Waals surface area (Å²) in [7, 11) is 0. The first kappa shape index (κ1) is 88.6. The van der Waals surface area contributed by atoms with Crippen molar-refractivity contribution in [3.05, 3.63) is 101 Å². The van der Waals surface area contributed by atoms with Crippen LogP contribution in [0.3, 0.4) is 0 Å². The first-order valence-corrected chi connectivity index (χ1v) is 40.2. The summed E-state index contributed by atoms with van der Waals surface area (Å²) in [6.45, 7) is 6.73. The number of ether oxygens (including phenoxy) is 7. The molecule has 0 spiro atoms. The summed E-state index contributed by atoms with van der Waals surface area (Å²) in [5.41, 5.74) is -1.63. The number of hydrogen-bond acceptors (Lipinski definition) is 15. The van der Waals surface area contributed by atoms with Gasteiger partial charge < -0.3 is 74.4 Å². The summed E-state index contributed by atoms with van der Waals surface area (Å²) < 4.78 is 45.7. The minimum atomic E-state index is -1.81. The zero-order valence-electron chi connectivity index (χ0n) is 63.8. The molecule has 0 aromatic heterocycles. The molecule has 0 unspecified atom stereocenters. The minimum Gasteiger partial charge on any atom is -0.493 e. The lowest BCUT2D eigenvalue weighted by atomic mass is 10.0. The smallest absolute Gasteiger partial charge is 0.252 e. The van der Waals surface area contributed by atoms with Crippen molar-refractivity contribution in [1.82, 2.24) is 10.6 Å². The van der Waals surface area contributed by atoms with Crippen molar-refractivity contribution in [2.75, 3.05) is 66.1 Å². The van der Waals surface area contributed by atoms with E-state index in [0.29, 0.717) is 66.5 Å². The Morgan fingerprint density at radius 3 is 0.647 bits per heavy atom. The monoisotopic (exact) mass is 1430 g/mol. The van der Waals surface area contributed by atoms with Crippen LogP contribution >= 0.6 is 0 Å². The van der Waals surface area contributed by atoms with Gasteiger partial charge in [-0.05, 0) is 97.0 Å². The van der Waals surface area contributed by atoms with Crippen molar-refractivity contribution in [1.29, 1.82) is 0 Å². The number of nitrogens with one attached hydrogen (secondary N) is 2. The quantitative estimate of drug-likeness (QED) is 0.0192. The molecule has 0 bridgehead atoms. The maximum absolute atomic E-state index is 13.9. The Balaban J connectivity index is 1.67. The molecule has 17 nitrogen and oxygen atoms in total. The Morgan fingerprint density at radius 2 is 0.441 bits per heavy atom. The Morgan fingerprint density at radius 1 is 0.255 bits per heavy atom. The molecule has 8 N–H and O–H groups in total. The number of hydrogen-bond donors (Lipinski definition) is 8. The molecule has 0 heterocycles. The predicted octanol–water partition coefficient (Wildman–Crippen LogP) is 18.5. The highest BCUT2D eigenvalue weighted by molar-refractivity contribution is 6.01. The maximum Gasteiger partial charge on any atom is 0.252 e. The van der Waals surface area contributed by atoms with Crippen LogP contribution in [0.4, 0.5) is 0 Å². The first-order chi connectivity index (χ1) is 49.9. The van der Waals surface area contributed by atoms with Gasteiger partial charge >= 0.3 is 0 Å². The topological polar surface area (TPSA) is 244 Å².